The second kappa shape index (κ2) is 12.3. The molecule has 0 spiro atoms. The molecule has 1 aliphatic heterocycles. The third-order valence-electron chi connectivity index (χ3n) is 5.29. The summed E-state index contributed by atoms with van der Waals surface area (Å²) in [6.07, 6.45) is 0. The van der Waals surface area contributed by atoms with Crippen LogP contribution in [0.4, 0.5) is 0 Å². The van der Waals surface area contributed by atoms with Crippen LogP contribution in [0.5, 0.6) is 5.75 Å². The third kappa shape index (κ3) is 7.24. The molecule has 29 heavy (non-hydrogen) atoms. The summed E-state index contributed by atoms with van der Waals surface area (Å²) < 4.78 is 6.06. The van der Waals surface area contributed by atoms with Gasteiger partial charge >= 0.3 is 0 Å². The van der Waals surface area contributed by atoms with Crippen LogP contribution in [0.15, 0.2) is 29.3 Å². The molecule has 1 heterocycles. The van der Waals surface area contributed by atoms with Crippen molar-refractivity contribution in [2.24, 2.45) is 4.99 Å². The number of hydrogen-bond donors (Lipinski definition) is 1. The summed E-state index contributed by atoms with van der Waals surface area (Å²) in [5.74, 6) is 1.94. The number of hydrogen-bond acceptors (Lipinski definition) is 4. The topological polar surface area (TPSA) is 60.4 Å². The molecule has 1 fully saturated rings. The van der Waals surface area contributed by atoms with Gasteiger partial charge in [-0.05, 0) is 26.1 Å². The van der Waals surface area contributed by atoms with Crippen LogP contribution >= 0.6 is 0 Å². The predicted octanol–water partition coefficient (Wildman–Crippen LogP) is 2.04. The van der Waals surface area contributed by atoms with Crippen LogP contribution in [0.2, 0.25) is 0 Å². The van der Waals surface area contributed by atoms with E-state index in [9.17, 15) is 4.79 Å². The summed E-state index contributed by atoms with van der Waals surface area (Å²) in [4.78, 5) is 22.9. The summed E-state index contributed by atoms with van der Waals surface area (Å²) in [5.41, 5.74) is 1.09. The van der Waals surface area contributed by atoms with E-state index in [0.717, 1.165) is 69.6 Å². The van der Waals surface area contributed by atoms with Gasteiger partial charge in [0.1, 0.15) is 12.4 Å². The minimum absolute atomic E-state index is 0.141. The van der Waals surface area contributed by atoms with Crippen molar-refractivity contribution < 1.29 is 9.53 Å². The number of nitrogens with zero attached hydrogens (tertiary/aromatic N) is 4. The number of para-hydroxylation sites is 1. The van der Waals surface area contributed by atoms with E-state index in [1.54, 1.807) is 6.92 Å². The van der Waals surface area contributed by atoms with E-state index in [1.165, 1.54) is 0 Å². The van der Waals surface area contributed by atoms with Crippen LogP contribution in [0.25, 0.3) is 0 Å². The highest BCUT2D eigenvalue weighted by Gasteiger charge is 2.20. The molecule has 7 nitrogen and oxygen atoms in total. The zero-order valence-corrected chi connectivity index (χ0v) is 18.5. The minimum atomic E-state index is 0.141. The van der Waals surface area contributed by atoms with E-state index >= 15 is 0 Å². The highest BCUT2D eigenvalue weighted by molar-refractivity contribution is 5.80. The lowest BCUT2D eigenvalue weighted by molar-refractivity contribution is -0.130. The number of ether oxygens (including phenoxy) is 1. The second-order valence-electron chi connectivity index (χ2n) is 7.15. The highest BCUT2D eigenvalue weighted by atomic mass is 16.5. The number of piperazine rings is 1. The normalized spacial score (nSPS) is 15.0. The molecule has 1 aliphatic rings. The fourth-order valence-corrected chi connectivity index (χ4v) is 3.42. The summed E-state index contributed by atoms with van der Waals surface area (Å²) in [6, 6.07) is 8.13. The molecule has 0 radical (unpaired) electrons. The van der Waals surface area contributed by atoms with Crippen LogP contribution in [-0.2, 0) is 11.3 Å². The van der Waals surface area contributed by atoms with E-state index in [4.69, 9.17) is 9.73 Å². The molecule has 1 aromatic rings. The van der Waals surface area contributed by atoms with Crippen molar-refractivity contribution in [2.75, 3.05) is 59.0 Å². The lowest BCUT2D eigenvalue weighted by Gasteiger charge is -2.36. The fourth-order valence-electron chi connectivity index (χ4n) is 3.42. The number of benzene rings is 1. The Kier molecular flexibility index (Phi) is 9.77. The Morgan fingerprint density at radius 1 is 1.10 bits per heavy atom. The van der Waals surface area contributed by atoms with Crippen molar-refractivity contribution in [3.05, 3.63) is 29.8 Å². The first-order valence-electron chi connectivity index (χ1n) is 10.8. The summed E-state index contributed by atoms with van der Waals surface area (Å²) in [5, 5.41) is 3.38. The zero-order valence-electron chi connectivity index (χ0n) is 18.5. The number of aliphatic imine (C=N–C) groups is 1. The lowest BCUT2D eigenvalue weighted by atomic mass is 10.2. The van der Waals surface area contributed by atoms with Crippen molar-refractivity contribution >= 4 is 11.9 Å². The van der Waals surface area contributed by atoms with Gasteiger partial charge in [0.15, 0.2) is 5.96 Å². The quantitative estimate of drug-likeness (QED) is 0.505. The molecular formula is C22H37N5O2. The van der Waals surface area contributed by atoms with Gasteiger partial charge in [-0.2, -0.15) is 0 Å². The second-order valence-corrected chi connectivity index (χ2v) is 7.15. The molecule has 0 aliphatic carbocycles. The van der Waals surface area contributed by atoms with Gasteiger partial charge in [-0.3, -0.25) is 4.79 Å². The van der Waals surface area contributed by atoms with E-state index in [2.05, 4.69) is 42.0 Å². The van der Waals surface area contributed by atoms with Crippen molar-refractivity contribution in [3.63, 3.8) is 0 Å². The Morgan fingerprint density at radius 3 is 2.38 bits per heavy atom. The minimum Gasteiger partial charge on any atom is -0.492 e. The highest BCUT2D eigenvalue weighted by Crippen LogP contribution is 2.19. The van der Waals surface area contributed by atoms with Crippen LogP contribution in [-0.4, -0.2) is 85.5 Å². The van der Waals surface area contributed by atoms with E-state index in [-0.39, 0.29) is 5.91 Å². The maximum absolute atomic E-state index is 11.6. The average Bonchev–Trinajstić information content (AvgIpc) is 2.75. The molecule has 1 amide bonds. The van der Waals surface area contributed by atoms with E-state index < -0.39 is 0 Å². The SMILES string of the molecule is CCNC(=NCc1ccccc1OCCN(CC)CC)N1CCN(C(C)=O)CC1. The first-order valence-corrected chi connectivity index (χ1v) is 10.8. The molecule has 0 aromatic heterocycles. The van der Waals surface area contributed by atoms with Crippen LogP contribution < -0.4 is 10.1 Å². The number of carbonyl (C=O) groups is 1. The number of likely N-dealkylation sites (N-methyl/N-ethyl adjacent to an activating group) is 1. The predicted molar refractivity (Wildman–Crippen MR) is 118 cm³/mol. The van der Waals surface area contributed by atoms with Gasteiger partial charge in [-0.1, -0.05) is 32.0 Å². The third-order valence-corrected chi connectivity index (χ3v) is 5.29. The van der Waals surface area contributed by atoms with Gasteiger partial charge in [-0.15, -0.1) is 0 Å². The molecule has 0 saturated carbocycles. The Bertz CT molecular complexity index is 652. The van der Waals surface area contributed by atoms with Crippen molar-refractivity contribution in [2.45, 2.75) is 34.2 Å². The first-order chi connectivity index (χ1) is 14.1. The summed E-state index contributed by atoms with van der Waals surface area (Å²) >= 11 is 0. The van der Waals surface area contributed by atoms with Gasteiger partial charge in [0.2, 0.25) is 5.91 Å². The van der Waals surface area contributed by atoms with Gasteiger partial charge in [0.25, 0.3) is 0 Å². The number of rotatable bonds is 9. The van der Waals surface area contributed by atoms with Crippen molar-refractivity contribution in [3.8, 4) is 5.75 Å². The molecule has 2 rings (SSSR count). The molecule has 162 valence electrons. The van der Waals surface area contributed by atoms with Crippen molar-refractivity contribution in [1.82, 2.24) is 20.0 Å². The number of nitrogens with one attached hydrogen (secondary N) is 1. The first kappa shape index (κ1) is 23.0. The Labute approximate surface area is 175 Å². The summed E-state index contributed by atoms with van der Waals surface area (Å²) in [7, 11) is 0. The Balaban J connectivity index is 1.99. The zero-order chi connectivity index (χ0) is 21.1. The number of guanidine groups is 1. The van der Waals surface area contributed by atoms with E-state index in [0.29, 0.717) is 13.2 Å². The number of carbonyl (C=O) groups excluding carboxylic acids is 1. The largest absolute Gasteiger partial charge is 0.492 e. The maximum Gasteiger partial charge on any atom is 0.219 e. The van der Waals surface area contributed by atoms with Crippen LogP contribution in [0.3, 0.4) is 0 Å². The molecular weight excluding hydrogens is 366 g/mol. The molecule has 7 heteroatoms. The molecule has 0 bridgehead atoms. The monoisotopic (exact) mass is 403 g/mol. The van der Waals surface area contributed by atoms with E-state index in [1.807, 2.05) is 23.1 Å². The fraction of sp³-hybridized carbons (Fsp3) is 0.636. The maximum atomic E-state index is 11.6. The molecule has 1 N–H and O–H groups in total. The molecule has 0 atom stereocenters. The van der Waals surface area contributed by atoms with Gasteiger partial charge < -0.3 is 24.8 Å². The van der Waals surface area contributed by atoms with Gasteiger partial charge in [0, 0.05) is 51.8 Å². The molecule has 1 aromatic carbocycles. The average molecular weight is 404 g/mol. The van der Waals surface area contributed by atoms with Gasteiger partial charge in [-0.25, -0.2) is 4.99 Å². The molecule has 1 saturated heterocycles. The number of amides is 1. The van der Waals surface area contributed by atoms with Gasteiger partial charge in [0.05, 0.1) is 6.54 Å². The smallest absolute Gasteiger partial charge is 0.219 e. The Morgan fingerprint density at radius 2 is 1.76 bits per heavy atom. The standard InChI is InChI=1S/C22H37N5O2/c1-5-23-22(27-14-12-26(13-15-27)19(4)28)24-18-20-10-8-9-11-21(20)29-17-16-25(6-2)7-3/h8-11H,5-7,12-18H2,1-4H3,(H,23,24). The van der Waals surface area contributed by atoms with Crippen molar-refractivity contribution in [1.29, 1.82) is 0 Å². The lowest BCUT2D eigenvalue weighted by Crippen LogP contribution is -2.53. The van der Waals surface area contributed by atoms with Crippen LogP contribution in [0, 0.1) is 0 Å². The van der Waals surface area contributed by atoms with Crippen LogP contribution in [0.1, 0.15) is 33.3 Å². The Hall–Kier alpha value is -2.28. The molecule has 0 unspecified atom stereocenters. The summed E-state index contributed by atoms with van der Waals surface area (Å²) in [6.45, 7) is 16.2.